The third-order valence-corrected chi connectivity index (χ3v) is 5.95. The van der Waals surface area contributed by atoms with Crippen LogP contribution in [0.25, 0.3) is 0 Å². The van der Waals surface area contributed by atoms with Gasteiger partial charge in [0, 0.05) is 32.3 Å². The van der Waals surface area contributed by atoms with Crippen LogP contribution in [-0.4, -0.2) is 24.5 Å². The lowest BCUT2D eigenvalue weighted by Gasteiger charge is -2.36. The van der Waals surface area contributed by atoms with Crippen molar-refractivity contribution in [3.8, 4) is 11.5 Å². The number of allylic oxidation sites excluding steroid dienone is 2. The molecule has 6 heteroatoms. The third-order valence-electron chi connectivity index (χ3n) is 5.95. The monoisotopic (exact) mass is 444 g/mol. The molecule has 0 amide bonds. The Morgan fingerprint density at radius 3 is 2.19 bits per heavy atom. The maximum absolute atomic E-state index is 11.9. The predicted molar refractivity (Wildman–Crippen MR) is 123 cm³/mol. The summed E-state index contributed by atoms with van der Waals surface area (Å²) < 4.78 is 16.5. The van der Waals surface area contributed by atoms with E-state index in [1.807, 2.05) is 13.0 Å². The quantitative estimate of drug-likeness (QED) is 0.288. The smallest absolute Gasteiger partial charge is 0.308 e. The summed E-state index contributed by atoms with van der Waals surface area (Å²) in [5.41, 5.74) is 3.99. The number of esters is 3. The zero-order valence-corrected chi connectivity index (χ0v) is 20.4. The summed E-state index contributed by atoms with van der Waals surface area (Å²) in [6, 6.07) is 2.04. The Bertz CT molecular complexity index is 894. The van der Waals surface area contributed by atoms with Crippen LogP contribution in [0.1, 0.15) is 95.8 Å². The average Bonchev–Trinajstić information content (AvgIpc) is 2.66. The van der Waals surface area contributed by atoms with Crippen molar-refractivity contribution in [2.45, 2.75) is 86.0 Å². The summed E-state index contributed by atoms with van der Waals surface area (Å²) in [6.45, 7) is 12.6. The number of benzene rings is 1. The molecule has 6 nitrogen and oxygen atoms in total. The molecule has 3 atom stereocenters. The summed E-state index contributed by atoms with van der Waals surface area (Å²) in [5, 5.41) is 0. The van der Waals surface area contributed by atoms with E-state index in [1.54, 1.807) is 0 Å². The Balaban J connectivity index is 2.58. The standard InChI is InChI=1S/C26H36O6/c1-15(2)9-8-10-21(14-30-18(5)27)22-12-11-16(3)24-23(22)13-17(4)25(31-19(6)28)26(24)32-20(7)29/h9,13,16,21-22H,8,10-12,14H2,1-7H3/t16-,21?,22?/m1/s1. The van der Waals surface area contributed by atoms with Gasteiger partial charge in [0.05, 0.1) is 6.61 Å². The number of fused-ring (bicyclic) bond motifs is 1. The summed E-state index contributed by atoms with van der Waals surface area (Å²) in [4.78, 5) is 35.2. The summed E-state index contributed by atoms with van der Waals surface area (Å²) in [7, 11) is 0. The van der Waals surface area contributed by atoms with E-state index < -0.39 is 11.9 Å². The van der Waals surface area contributed by atoms with E-state index in [9.17, 15) is 14.4 Å². The van der Waals surface area contributed by atoms with E-state index in [0.29, 0.717) is 18.1 Å². The fraction of sp³-hybridized carbons (Fsp3) is 0.577. The van der Waals surface area contributed by atoms with Crippen LogP contribution in [0.15, 0.2) is 17.7 Å². The van der Waals surface area contributed by atoms with E-state index in [-0.39, 0.29) is 23.7 Å². The fourth-order valence-electron chi connectivity index (χ4n) is 4.57. The number of carbonyl (C=O) groups is 3. The molecule has 2 unspecified atom stereocenters. The second-order valence-electron chi connectivity index (χ2n) is 9.05. The van der Waals surface area contributed by atoms with E-state index in [2.05, 4.69) is 26.8 Å². The van der Waals surface area contributed by atoms with Crippen LogP contribution in [0.2, 0.25) is 0 Å². The minimum absolute atomic E-state index is 0.130. The Kier molecular flexibility index (Phi) is 9.05. The van der Waals surface area contributed by atoms with Gasteiger partial charge in [-0.15, -0.1) is 0 Å². The van der Waals surface area contributed by atoms with E-state index in [1.165, 1.54) is 26.3 Å². The second-order valence-corrected chi connectivity index (χ2v) is 9.05. The fourth-order valence-corrected chi connectivity index (χ4v) is 4.57. The first kappa shape index (κ1) is 25.6. The van der Waals surface area contributed by atoms with Gasteiger partial charge in [-0.2, -0.15) is 0 Å². The largest absolute Gasteiger partial charge is 0.466 e. The molecule has 1 aromatic rings. The lowest BCUT2D eigenvalue weighted by Crippen LogP contribution is -2.26. The van der Waals surface area contributed by atoms with Crippen LogP contribution >= 0.6 is 0 Å². The van der Waals surface area contributed by atoms with Crippen molar-refractivity contribution in [2.75, 3.05) is 6.61 Å². The Morgan fingerprint density at radius 1 is 1.00 bits per heavy atom. The Labute approximate surface area is 191 Å². The highest BCUT2D eigenvalue weighted by Gasteiger charge is 2.36. The maximum atomic E-state index is 11.9. The molecule has 1 aliphatic rings. The molecule has 32 heavy (non-hydrogen) atoms. The van der Waals surface area contributed by atoms with Gasteiger partial charge in [0.15, 0.2) is 11.5 Å². The molecule has 0 N–H and O–H groups in total. The van der Waals surface area contributed by atoms with Gasteiger partial charge in [-0.3, -0.25) is 14.4 Å². The zero-order valence-electron chi connectivity index (χ0n) is 20.4. The van der Waals surface area contributed by atoms with E-state index in [0.717, 1.165) is 42.4 Å². The van der Waals surface area contributed by atoms with Gasteiger partial charge < -0.3 is 14.2 Å². The first-order valence-electron chi connectivity index (χ1n) is 11.3. The Hall–Kier alpha value is -2.63. The molecule has 2 rings (SSSR count). The van der Waals surface area contributed by atoms with Crippen LogP contribution in [0.5, 0.6) is 11.5 Å². The van der Waals surface area contributed by atoms with Crippen molar-refractivity contribution < 1.29 is 28.6 Å². The molecule has 0 fully saturated rings. The number of ether oxygens (including phenoxy) is 3. The SMILES string of the molecule is CC(=O)OCC(CCC=C(C)C)C1CC[C@@H](C)c2c1cc(C)c(OC(C)=O)c2OC(C)=O. The lowest BCUT2D eigenvalue weighted by atomic mass is 9.70. The number of rotatable bonds is 8. The van der Waals surface area contributed by atoms with E-state index in [4.69, 9.17) is 14.2 Å². The van der Waals surface area contributed by atoms with Gasteiger partial charge >= 0.3 is 17.9 Å². The molecule has 1 aliphatic carbocycles. The van der Waals surface area contributed by atoms with Crippen molar-refractivity contribution in [3.63, 3.8) is 0 Å². The topological polar surface area (TPSA) is 78.9 Å². The highest BCUT2D eigenvalue weighted by molar-refractivity contribution is 5.76. The molecule has 0 spiro atoms. The normalized spacial score (nSPS) is 18.2. The van der Waals surface area contributed by atoms with E-state index >= 15 is 0 Å². The van der Waals surface area contributed by atoms with Gasteiger partial charge in [-0.05, 0) is 69.4 Å². The van der Waals surface area contributed by atoms with Crippen molar-refractivity contribution >= 4 is 17.9 Å². The van der Waals surface area contributed by atoms with Crippen molar-refractivity contribution in [2.24, 2.45) is 5.92 Å². The first-order chi connectivity index (χ1) is 15.0. The lowest BCUT2D eigenvalue weighted by molar-refractivity contribution is -0.142. The van der Waals surface area contributed by atoms with Crippen LogP contribution in [0.3, 0.4) is 0 Å². The molecule has 0 heterocycles. The molecule has 0 bridgehead atoms. The minimum atomic E-state index is -0.462. The van der Waals surface area contributed by atoms with Gasteiger partial charge in [-0.1, -0.05) is 24.6 Å². The molecule has 0 saturated heterocycles. The number of carbonyl (C=O) groups excluding carboxylic acids is 3. The van der Waals surface area contributed by atoms with Gasteiger partial charge in [0.1, 0.15) is 0 Å². The molecular formula is C26H36O6. The molecular weight excluding hydrogens is 408 g/mol. The van der Waals surface area contributed by atoms with Gasteiger partial charge in [0.2, 0.25) is 0 Å². The molecule has 0 aliphatic heterocycles. The molecule has 0 saturated carbocycles. The van der Waals surface area contributed by atoms with Crippen LogP contribution in [0, 0.1) is 12.8 Å². The molecule has 0 aromatic heterocycles. The third kappa shape index (κ3) is 6.68. The zero-order chi connectivity index (χ0) is 24.0. The number of aryl methyl sites for hydroxylation is 1. The van der Waals surface area contributed by atoms with Crippen molar-refractivity contribution in [1.29, 1.82) is 0 Å². The van der Waals surface area contributed by atoms with Crippen LogP contribution in [0.4, 0.5) is 0 Å². The molecule has 176 valence electrons. The van der Waals surface area contributed by atoms with Crippen molar-refractivity contribution in [1.82, 2.24) is 0 Å². The highest BCUT2D eigenvalue weighted by atomic mass is 16.6. The van der Waals surface area contributed by atoms with Crippen molar-refractivity contribution in [3.05, 3.63) is 34.4 Å². The average molecular weight is 445 g/mol. The Morgan fingerprint density at radius 2 is 1.62 bits per heavy atom. The number of hydrogen-bond acceptors (Lipinski definition) is 6. The second kappa shape index (κ2) is 11.3. The molecule has 1 aromatic carbocycles. The van der Waals surface area contributed by atoms with Crippen LogP contribution in [-0.2, 0) is 19.1 Å². The summed E-state index contributed by atoms with van der Waals surface area (Å²) in [6.07, 6.45) is 5.82. The first-order valence-corrected chi connectivity index (χ1v) is 11.3. The van der Waals surface area contributed by atoms with Gasteiger partial charge in [0.25, 0.3) is 0 Å². The predicted octanol–water partition coefficient (Wildman–Crippen LogP) is 5.75. The summed E-state index contributed by atoms with van der Waals surface area (Å²) in [5.74, 6) is -0.149. The number of hydrogen-bond donors (Lipinski definition) is 0. The van der Waals surface area contributed by atoms with Crippen LogP contribution < -0.4 is 9.47 Å². The van der Waals surface area contributed by atoms with Gasteiger partial charge in [-0.25, -0.2) is 0 Å². The minimum Gasteiger partial charge on any atom is -0.466 e. The maximum Gasteiger partial charge on any atom is 0.308 e. The molecule has 0 radical (unpaired) electrons. The summed E-state index contributed by atoms with van der Waals surface area (Å²) >= 11 is 0. The highest BCUT2D eigenvalue weighted by Crippen LogP contribution is 2.51.